The van der Waals surface area contributed by atoms with Gasteiger partial charge >= 0.3 is 5.97 Å². The number of carbonyl (C=O) groups excluding carboxylic acids is 4. The summed E-state index contributed by atoms with van der Waals surface area (Å²) in [6, 6.07) is 3.59. The van der Waals surface area contributed by atoms with E-state index >= 15 is 0 Å². The van der Waals surface area contributed by atoms with Crippen LogP contribution in [-0.4, -0.2) is 71.8 Å². The molecule has 2 atom stereocenters. The van der Waals surface area contributed by atoms with Crippen LogP contribution in [0.4, 0.5) is 4.39 Å². The van der Waals surface area contributed by atoms with Crippen LogP contribution in [0, 0.1) is 0 Å². The number of hydrogen-bond donors (Lipinski definition) is 3. The SMILES string of the molecule is CN1C(=O)c2ccccc2C(=O)NCCC[C@H]1C(=O)NC(CC(=O)O)C(=O)CF. The van der Waals surface area contributed by atoms with Crippen LogP contribution >= 0.6 is 0 Å². The molecule has 0 aromatic heterocycles. The Morgan fingerprint density at radius 3 is 2.55 bits per heavy atom. The van der Waals surface area contributed by atoms with Gasteiger partial charge in [0.05, 0.1) is 17.5 Å². The third-order valence-electron chi connectivity index (χ3n) is 4.65. The minimum atomic E-state index is -1.53. The number of carboxylic acid groups (broad SMARTS) is 1. The highest BCUT2D eigenvalue weighted by Gasteiger charge is 2.33. The quantitative estimate of drug-likeness (QED) is 0.615. The lowest BCUT2D eigenvalue weighted by molar-refractivity contribution is -0.140. The molecule has 29 heavy (non-hydrogen) atoms. The molecule has 0 radical (unpaired) electrons. The molecule has 1 unspecified atom stereocenters. The van der Waals surface area contributed by atoms with E-state index in [1.807, 2.05) is 0 Å². The van der Waals surface area contributed by atoms with Crippen molar-refractivity contribution < 1.29 is 33.5 Å². The molecule has 156 valence electrons. The van der Waals surface area contributed by atoms with Crippen LogP contribution in [0.1, 0.15) is 40.0 Å². The minimum absolute atomic E-state index is 0.106. The number of carbonyl (C=O) groups is 5. The lowest BCUT2D eigenvalue weighted by atomic mass is 10.0. The summed E-state index contributed by atoms with van der Waals surface area (Å²) >= 11 is 0. The van der Waals surface area contributed by atoms with E-state index in [4.69, 9.17) is 5.11 Å². The van der Waals surface area contributed by atoms with Crippen molar-refractivity contribution in [1.82, 2.24) is 15.5 Å². The molecule has 0 spiro atoms. The van der Waals surface area contributed by atoms with Crippen LogP contribution in [-0.2, 0) is 14.4 Å². The number of fused-ring (bicyclic) bond motifs is 1. The standard InChI is InChI=1S/C19H22FN3O6/c1-23-14(18(28)22-13(9-16(25)26)15(24)10-20)7-4-8-21-17(27)11-5-2-3-6-12(11)19(23)29/h2-3,5-6,13-14H,4,7-10H2,1H3,(H,21,27)(H,22,28)(H,25,26)/t13?,14-/m0/s1. The maximum absolute atomic E-state index is 12.9. The first-order valence-electron chi connectivity index (χ1n) is 9.01. The summed E-state index contributed by atoms with van der Waals surface area (Å²) in [5, 5.41) is 13.8. The molecule has 1 aliphatic rings. The molecule has 0 saturated carbocycles. The molecule has 0 aliphatic carbocycles. The number of likely N-dealkylation sites (N-methyl/N-ethyl adjacent to an activating group) is 1. The number of carboxylic acids is 1. The molecule has 1 heterocycles. The lowest BCUT2D eigenvalue weighted by Crippen LogP contribution is -2.53. The minimum Gasteiger partial charge on any atom is -0.481 e. The monoisotopic (exact) mass is 407 g/mol. The van der Waals surface area contributed by atoms with Crippen LogP contribution in [0.5, 0.6) is 0 Å². The van der Waals surface area contributed by atoms with Crippen LogP contribution in [0.2, 0.25) is 0 Å². The van der Waals surface area contributed by atoms with Gasteiger partial charge in [-0.25, -0.2) is 4.39 Å². The summed E-state index contributed by atoms with van der Waals surface area (Å²) in [7, 11) is 1.38. The Labute approximate surface area is 166 Å². The second-order valence-electron chi connectivity index (χ2n) is 6.63. The Morgan fingerprint density at radius 1 is 1.28 bits per heavy atom. The van der Waals surface area contributed by atoms with Crippen molar-refractivity contribution >= 4 is 29.5 Å². The fraction of sp³-hybridized carbons (Fsp3) is 0.421. The highest BCUT2D eigenvalue weighted by atomic mass is 19.1. The predicted octanol–water partition coefficient (Wildman–Crippen LogP) is 0.149. The van der Waals surface area contributed by atoms with Gasteiger partial charge in [-0.3, -0.25) is 24.0 Å². The maximum atomic E-state index is 12.9. The number of Topliss-reactive ketones (excluding diaryl/α,β-unsaturated/α-hetero) is 1. The molecular weight excluding hydrogens is 385 g/mol. The van der Waals surface area contributed by atoms with E-state index < -0.39 is 54.7 Å². The van der Waals surface area contributed by atoms with Gasteiger partial charge < -0.3 is 20.6 Å². The van der Waals surface area contributed by atoms with Crippen LogP contribution in [0.25, 0.3) is 0 Å². The number of ketones is 1. The van der Waals surface area contributed by atoms with Gasteiger partial charge in [0.15, 0.2) is 5.78 Å². The Balaban J connectivity index is 2.29. The van der Waals surface area contributed by atoms with Crippen molar-refractivity contribution in [2.24, 2.45) is 0 Å². The Morgan fingerprint density at radius 2 is 1.93 bits per heavy atom. The number of aliphatic carboxylic acids is 1. The highest BCUT2D eigenvalue weighted by molar-refractivity contribution is 6.08. The van der Waals surface area contributed by atoms with Crippen LogP contribution in [0.15, 0.2) is 24.3 Å². The van der Waals surface area contributed by atoms with Gasteiger partial charge in [0.1, 0.15) is 18.8 Å². The Hall–Kier alpha value is -3.30. The third kappa shape index (κ3) is 5.37. The van der Waals surface area contributed by atoms with Crippen molar-refractivity contribution in [3.05, 3.63) is 35.4 Å². The van der Waals surface area contributed by atoms with Crippen molar-refractivity contribution in [2.45, 2.75) is 31.3 Å². The summed E-state index contributed by atoms with van der Waals surface area (Å²) in [4.78, 5) is 61.6. The molecule has 0 saturated heterocycles. The summed E-state index contributed by atoms with van der Waals surface area (Å²) in [6.07, 6.45) is -0.262. The molecule has 0 bridgehead atoms. The second-order valence-corrected chi connectivity index (χ2v) is 6.63. The van der Waals surface area contributed by atoms with Gasteiger partial charge in [0.2, 0.25) is 5.91 Å². The number of nitrogens with zero attached hydrogens (tertiary/aromatic N) is 1. The molecule has 1 aliphatic heterocycles. The molecule has 1 aromatic rings. The van der Waals surface area contributed by atoms with Gasteiger partial charge in [0.25, 0.3) is 11.8 Å². The number of rotatable bonds is 6. The highest BCUT2D eigenvalue weighted by Crippen LogP contribution is 2.17. The van der Waals surface area contributed by atoms with E-state index in [9.17, 15) is 28.4 Å². The summed E-state index contributed by atoms with van der Waals surface area (Å²) < 4.78 is 12.7. The van der Waals surface area contributed by atoms with Crippen LogP contribution in [0.3, 0.4) is 0 Å². The van der Waals surface area contributed by atoms with Crippen molar-refractivity contribution in [1.29, 1.82) is 0 Å². The number of amides is 3. The molecule has 0 fully saturated rings. The largest absolute Gasteiger partial charge is 0.481 e. The number of benzene rings is 1. The molecule has 10 heteroatoms. The second kappa shape index (κ2) is 9.76. The topological polar surface area (TPSA) is 133 Å². The average Bonchev–Trinajstić information content (AvgIpc) is 2.70. The first-order valence-corrected chi connectivity index (χ1v) is 9.01. The van der Waals surface area contributed by atoms with E-state index in [1.54, 1.807) is 12.1 Å². The molecule has 1 aromatic carbocycles. The van der Waals surface area contributed by atoms with Crippen molar-refractivity contribution in [3.8, 4) is 0 Å². The third-order valence-corrected chi connectivity index (χ3v) is 4.65. The summed E-state index contributed by atoms with van der Waals surface area (Å²) in [5.41, 5.74) is 0.274. The zero-order chi connectivity index (χ0) is 21.6. The Kier molecular flexibility index (Phi) is 7.40. The number of alkyl halides is 1. The van der Waals surface area contributed by atoms with Crippen LogP contribution < -0.4 is 10.6 Å². The van der Waals surface area contributed by atoms with E-state index in [0.717, 1.165) is 4.90 Å². The van der Waals surface area contributed by atoms with Gasteiger partial charge in [-0.2, -0.15) is 0 Å². The van der Waals surface area contributed by atoms with Gasteiger partial charge in [-0.15, -0.1) is 0 Å². The Bertz CT molecular complexity index is 828. The normalized spacial score (nSPS) is 18.3. The van der Waals surface area contributed by atoms with Gasteiger partial charge in [0, 0.05) is 13.6 Å². The van der Waals surface area contributed by atoms with Gasteiger partial charge in [-0.1, -0.05) is 12.1 Å². The predicted molar refractivity (Wildman–Crippen MR) is 99.1 cm³/mol. The summed E-state index contributed by atoms with van der Waals surface area (Å²) in [6.45, 7) is -1.17. The molecule has 2 rings (SSSR count). The van der Waals surface area contributed by atoms with E-state index in [2.05, 4.69) is 10.6 Å². The number of nitrogens with one attached hydrogen (secondary N) is 2. The van der Waals surface area contributed by atoms with E-state index in [0.29, 0.717) is 6.42 Å². The lowest BCUT2D eigenvalue weighted by Gasteiger charge is -2.30. The maximum Gasteiger partial charge on any atom is 0.305 e. The smallest absolute Gasteiger partial charge is 0.305 e. The summed E-state index contributed by atoms with van der Waals surface area (Å²) in [5.74, 6) is -4.18. The zero-order valence-corrected chi connectivity index (χ0v) is 15.8. The zero-order valence-electron chi connectivity index (χ0n) is 15.8. The van der Waals surface area contributed by atoms with Gasteiger partial charge in [-0.05, 0) is 25.0 Å². The number of hydrogen-bond acceptors (Lipinski definition) is 5. The molecule has 9 nitrogen and oxygen atoms in total. The molecule has 3 amide bonds. The fourth-order valence-corrected chi connectivity index (χ4v) is 3.07. The first kappa shape index (κ1) is 22.0. The number of halogens is 1. The van der Waals surface area contributed by atoms with E-state index in [1.165, 1.54) is 19.2 Å². The molecular formula is C19H22FN3O6. The molecule has 3 N–H and O–H groups in total. The average molecular weight is 407 g/mol. The first-order chi connectivity index (χ1) is 13.8. The van der Waals surface area contributed by atoms with Crippen molar-refractivity contribution in [3.63, 3.8) is 0 Å². The van der Waals surface area contributed by atoms with E-state index in [-0.39, 0.29) is 24.1 Å². The van der Waals surface area contributed by atoms with Crippen molar-refractivity contribution in [2.75, 3.05) is 20.3 Å². The fourth-order valence-electron chi connectivity index (χ4n) is 3.07.